The molecule has 0 bridgehead atoms. The molecule has 5 heteroatoms. The van der Waals surface area contributed by atoms with Crippen LogP contribution in [0.25, 0.3) is 10.4 Å². The smallest absolute Gasteiger partial charge is 0.0803 e. The topological polar surface area (TPSA) is 69.0 Å². The molecule has 0 radical (unpaired) electrons. The van der Waals surface area contributed by atoms with Gasteiger partial charge in [-0.05, 0) is 48.6 Å². The zero-order valence-corrected chi connectivity index (χ0v) is 12.0. The Labute approximate surface area is 120 Å². The van der Waals surface area contributed by atoms with E-state index in [0.717, 1.165) is 15.6 Å². The first kappa shape index (κ1) is 14.0. The Morgan fingerprint density at radius 1 is 1.53 bits per heavy atom. The summed E-state index contributed by atoms with van der Waals surface area (Å²) < 4.78 is 0.905. The van der Waals surface area contributed by atoms with Crippen LogP contribution in [0.5, 0.6) is 0 Å². The van der Waals surface area contributed by atoms with Crippen molar-refractivity contribution in [3.63, 3.8) is 0 Å². The highest BCUT2D eigenvalue weighted by molar-refractivity contribution is 9.10. The minimum absolute atomic E-state index is 0.277. The van der Waals surface area contributed by atoms with Gasteiger partial charge in [0.05, 0.1) is 6.10 Å². The van der Waals surface area contributed by atoms with Crippen LogP contribution >= 0.6 is 15.9 Å². The van der Waals surface area contributed by atoms with E-state index in [0.29, 0.717) is 12.3 Å². The second kappa shape index (κ2) is 6.63. The highest BCUT2D eigenvalue weighted by Gasteiger charge is 2.18. The van der Waals surface area contributed by atoms with Crippen LogP contribution in [0.3, 0.4) is 0 Å². The number of azide groups is 1. The zero-order chi connectivity index (χ0) is 13.7. The molecule has 1 aromatic rings. The molecule has 0 aliphatic heterocycles. The largest absolute Gasteiger partial charge is 0.388 e. The molecule has 0 aromatic heterocycles. The summed E-state index contributed by atoms with van der Waals surface area (Å²) in [4.78, 5) is 2.69. The van der Waals surface area contributed by atoms with E-state index < -0.39 is 6.10 Å². The lowest BCUT2D eigenvalue weighted by atomic mass is 10.0. The van der Waals surface area contributed by atoms with Crippen LogP contribution in [0.4, 0.5) is 0 Å². The van der Waals surface area contributed by atoms with Crippen LogP contribution in [0.1, 0.15) is 36.5 Å². The summed E-state index contributed by atoms with van der Waals surface area (Å²) in [6.45, 7) is 0.277. The van der Waals surface area contributed by atoms with E-state index in [-0.39, 0.29) is 6.54 Å². The Kier molecular flexibility index (Phi) is 4.86. The molecule has 0 spiro atoms. The van der Waals surface area contributed by atoms with Crippen LogP contribution in [-0.4, -0.2) is 11.7 Å². The molecule has 19 heavy (non-hydrogen) atoms. The lowest BCUT2D eigenvalue weighted by Crippen LogP contribution is -2.02. The van der Waals surface area contributed by atoms with Gasteiger partial charge >= 0.3 is 0 Å². The van der Waals surface area contributed by atoms with Gasteiger partial charge < -0.3 is 5.11 Å². The van der Waals surface area contributed by atoms with Gasteiger partial charge in [0, 0.05) is 27.4 Å². The molecule has 2 rings (SSSR count). The first-order valence-corrected chi connectivity index (χ1v) is 7.00. The van der Waals surface area contributed by atoms with E-state index >= 15 is 0 Å². The normalized spacial score (nSPS) is 15.1. The third-order valence-corrected chi connectivity index (χ3v) is 3.42. The van der Waals surface area contributed by atoms with Crippen molar-refractivity contribution < 1.29 is 5.11 Å². The van der Waals surface area contributed by atoms with Gasteiger partial charge in [0.25, 0.3) is 0 Å². The molecule has 1 saturated carbocycles. The summed E-state index contributed by atoms with van der Waals surface area (Å²) in [7, 11) is 0. The lowest BCUT2D eigenvalue weighted by molar-refractivity contribution is 0.170. The molecule has 1 aliphatic carbocycles. The molecule has 1 N–H and O–H groups in total. The molecule has 1 atom stereocenters. The molecule has 1 unspecified atom stereocenters. The second-order valence-corrected chi connectivity index (χ2v) is 5.45. The van der Waals surface area contributed by atoms with Gasteiger partial charge in [-0.1, -0.05) is 32.9 Å². The Morgan fingerprint density at radius 3 is 3.00 bits per heavy atom. The van der Waals surface area contributed by atoms with E-state index in [9.17, 15) is 5.11 Å². The highest BCUT2D eigenvalue weighted by atomic mass is 79.9. The molecule has 0 heterocycles. The number of halogens is 1. The minimum atomic E-state index is -0.661. The highest BCUT2D eigenvalue weighted by Crippen LogP contribution is 2.29. The molecule has 1 fully saturated rings. The quantitative estimate of drug-likeness (QED) is 0.388. The summed E-state index contributed by atoms with van der Waals surface area (Å²) in [6, 6.07) is 5.70. The molecule has 0 saturated heterocycles. The fourth-order valence-corrected chi connectivity index (χ4v) is 2.09. The van der Waals surface area contributed by atoms with Crippen molar-refractivity contribution >= 4 is 15.9 Å². The maximum atomic E-state index is 10.2. The predicted molar refractivity (Wildman–Crippen MR) is 77.3 cm³/mol. The molecule has 0 amide bonds. The standard InChI is InChI=1S/C14H14BrN3O/c15-12-6-5-11(4-3-10-1-2-10)13(9-12)14(19)7-8-17-18-16/h5-6,9-10,14,19H,1-2,7-8H2. The van der Waals surface area contributed by atoms with Crippen molar-refractivity contribution in [2.45, 2.75) is 25.4 Å². The Morgan fingerprint density at radius 2 is 2.32 bits per heavy atom. The van der Waals surface area contributed by atoms with Gasteiger partial charge in [0.15, 0.2) is 0 Å². The van der Waals surface area contributed by atoms with Crippen molar-refractivity contribution in [2.24, 2.45) is 11.0 Å². The molecule has 1 aromatic carbocycles. The lowest BCUT2D eigenvalue weighted by Gasteiger charge is -2.12. The molecule has 1 aliphatic rings. The van der Waals surface area contributed by atoms with Crippen molar-refractivity contribution in [3.8, 4) is 11.8 Å². The number of aliphatic hydroxyl groups excluding tert-OH is 1. The van der Waals surface area contributed by atoms with E-state index in [1.54, 1.807) is 0 Å². The van der Waals surface area contributed by atoms with E-state index in [1.807, 2.05) is 18.2 Å². The minimum Gasteiger partial charge on any atom is -0.388 e. The first-order chi connectivity index (χ1) is 9.20. The second-order valence-electron chi connectivity index (χ2n) is 4.53. The average Bonchev–Trinajstić information content (AvgIpc) is 3.21. The molecule has 4 nitrogen and oxygen atoms in total. The molecule has 98 valence electrons. The van der Waals surface area contributed by atoms with Crippen molar-refractivity contribution in [1.29, 1.82) is 0 Å². The van der Waals surface area contributed by atoms with Gasteiger partial charge in [0.2, 0.25) is 0 Å². The third kappa shape index (κ3) is 4.29. The first-order valence-electron chi connectivity index (χ1n) is 6.20. The third-order valence-electron chi connectivity index (χ3n) is 2.93. The summed E-state index contributed by atoms with van der Waals surface area (Å²) in [5, 5.41) is 13.6. The zero-order valence-electron chi connectivity index (χ0n) is 10.4. The monoisotopic (exact) mass is 319 g/mol. The number of rotatable bonds is 4. The summed E-state index contributed by atoms with van der Waals surface area (Å²) >= 11 is 3.40. The number of benzene rings is 1. The number of hydrogen-bond donors (Lipinski definition) is 1. The summed E-state index contributed by atoms with van der Waals surface area (Å²) in [5.74, 6) is 6.86. The van der Waals surface area contributed by atoms with E-state index in [2.05, 4.69) is 37.8 Å². The Bertz CT molecular complexity index is 566. The Balaban J connectivity index is 2.18. The van der Waals surface area contributed by atoms with Gasteiger partial charge in [-0.2, -0.15) is 0 Å². The van der Waals surface area contributed by atoms with E-state index in [4.69, 9.17) is 5.53 Å². The SMILES string of the molecule is [N-]=[N+]=NCCC(O)c1cc(Br)ccc1C#CC1CC1. The average molecular weight is 320 g/mol. The van der Waals surface area contributed by atoms with Crippen LogP contribution in [0.15, 0.2) is 27.8 Å². The fourth-order valence-electron chi connectivity index (χ4n) is 1.71. The van der Waals surface area contributed by atoms with Gasteiger partial charge in [-0.3, -0.25) is 0 Å². The van der Waals surface area contributed by atoms with Crippen LogP contribution < -0.4 is 0 Å². The van der Waals surface area contributed by atoms with Crippen LogP contribution in [-0.2, 0) is 0 Å². The van der Waals surface area contributed by atoms with E-state index in [1.165, 1.54) is 12.8 Å². The maximum Gasteiger partial charge on any atom is 0.0803 e. The summed E-state index contributed by atoms with van der Waals surface area (Å²) in [6.07, 6.45) is 2.10. The van der Waals surface area contributed by atoms with Crippen molar-refractivity contribution in [3.05, 3.63) is 44.2 Å². The Hall–Kier alpha value is -1.47. The summed E-state index contributed by atoms with van der Waals surface area (Å²) in [5.41, 5.74) is 9.89. The number of nitrogens with zero attached hydrogens (tertiary/aromatic N) is 3. The predicted octanol–water partition coefficient (Wildman–Crippen LogP) is 3.94. The fraction of sp³-hybridized carbons (Fsp3) is 0.429. The molecular formula is C14H14BrN3O. The number of hydrogen-bond acceptors (Lipinski definition) is 2. The van der Waals surface area contributed by atoms with Crippen LogP contribution in [0, 0.1) is 17.8 Å². The molecular weight excluding hydrogens is 306 g/mol. The van der Waals surface area contributed by atoms with Gasteiger partial charge in [-0.25, -0.2) is 0 Å². The van der Waals surface area contributed by atoms with Crippen LogP contribution in [0.2, 0.25) is 0 Å². The number of aliphatic hydroxyl groups is 1. The van der Waals surface area contributed by atoms with Crippen molar-refractivity contribution in [1.82, 2.24) is 0 Å². The van der Waals surface area contributed by atoms with Gasteiger partial charge in [0.1, 0.15) is 0 Å². The van der Waals surface area contributed by atoms with Crippen molar-refractivity contribution in [2.75, 3.05) is 6.54 Å². The maximum absolute atomic E-state index is 10.2. The van der Waals surface area contributed by atoms with Gasteiger partial charge in [-0.15, -0.1) is 0 Å².